The number of rotatable bonds is 5. The van der Waals surface area contributed by atoms with Crippen molar-refractivity contribution in [3.8, 4) is 0 Å². The lowest BCUT2D eigenvalue weighted by atomic mass is 10.4. The van der Waals surface area contributed by atoms with Gasteiger partial charge in [0.1, 0.15) is 6.54 Å². The van der Waals surface area contributed by atoms with Gasteiger partial charge in [-0.15, -0.1) is 11.3 Å². The van der Waals surface area contributed by atoms with Crippen LogP contribution in [0.5, 0.6) is 0 Å². The Hall–Kier alpha value is -1.14. The van der Waals surface area contributed by atoms with Crippen molar-refractivity contribution in [1.82, 2.24) is 5.32 Å². The maximum atomic E-state index is 11.3. The van der Waals surface area contributed by atoms with E-state index in [-0.39, 0.29) is 12.5 Å². The number of carbonyl (C=O) groups is 2. The summed E-state index contributed by atoms with van der Waals surface area (Å²) in [6, 6.07) is 3.80. The molecule has 0 saturated heterocycles. The molecule has 1 aromatic rings. The van der Waals surface area contributed by atoms with E-state index in [1.54, 1.807) is 13.0 Å². The van der Waals surface area contributed by atoms with Crippen molar-refractivity contribution in [2.75, 3.05) is 13.2 Å². The third-order valence-corrected chi connectivity index (χ3v) is 3.29. The summed E-state index contributed by atoms with van der Waals surface area (Å²) in [6.07, 6.45) is 3.08. The molecule has 0 aliphatic rings. The van der Waals surface area contributed by atoms with Gasteiger partial charge in [-0.1, -0.05) is 0 Å². The Labute approximate surface area is 112 Å². The van der Waals surface area contributed by atoms with Crippen LogP contribution in [0, 0.1) is 0 Å². The first-order valence-corrected chi connectivity index (χ1v) is 6.59. The first kappa shape index (κ1) is 13.9. The second kappa shape index (κ2) is 7.24. The predicted molar refractivity (Wildman–Crippen MR) is 70.7 cm³/mol. The molecule has 0 aromatic carbocycles. The molecular formula is C11H12BrNO3S. The molecule has 0 saturated carbocycles. The van der Waals surface area contributed by atoms with Crippen LogP contribution in [0.4, 0.5) is 0 Å². The summed E-state index contributed by atoms with van der Waals surface area (Å²) >= 11 is 4.85. The maximum absolute atomic E-state index is 11.3. The van der Waals surface area contributed by atoms with Crippen molar-refractivity contribution in [1.29, 1.82) is 0 Å². The number of esters is 1. The van der Waals surface area contributed by atoms with E-state index in [1.165, 1.54) is 17.4 Å². The molecule has 1 rings (SSSR count). The molecule has 92 valence electrons. The van der Waals surface area contributed by atoms with Crippen molar-refractivity contribution in [2.45, 2.75) is 6.92 Å². The normalized spacial score (nSPS) is 10.5. The number of amides is 1. The highest BCUT2D eigenvalue weighted by Gasteiger charge is 2.02. The quantitative estimate of drug-likeness (QED) is 0.669. The van der Waals surface area contributed by atoms with Crippen LogP contribution in [-0.4, -0.2) is 25.0 Å². The molecule has 1 heterocycles. The Bertz CT molecular complexity index is 428. The number of hydrogen-bond donors (Lipinski definition) is 1. The zero-order valence-corrected chi connectivity index (χ0v) is 11.6. The van der Waals surface area contributed by atoms with E-state index in [0.717, 1.165) is 8.66 Å². The summed E-state index contributed by atoms with van der Waals surface area (Å²) in [7, 11) is 0. The molecule has 0 fully saturated rings. The summed E-state index contributed by atoms with van der Waals surface area (Å²) < 4.78 is 5.68. The minimum absolute atomic E-state index is 0.106. The number of halogens is 1. The third-order valence-electron chi connectivity index (χ3n) is 1.71. The third kappa shape index (κ3) is 5.65. The van der Waals surface area contributed by atoms with Crippen LogP contribution in [0.1, 0.15) is 11.8 Å². The molecule has 0 atom stereocenters. The van der Waals surface area contributed by atoms with Gasteiger partial charge in [0.2, 0.25) is 5.91 Å². The monoisotopic (exact) mass is 317 g/mol. The van der Waals surface area contributed by atoms with Gasteiger partial charge in [-0.3, -0.25) is 9.59 Å². The van der Waals surface area contributed by atoms with Crippen molar-refractivity contribution in [2.24, 2.45) is 0 Å². The molecule has 6 heteroatoms. The molecule has 0 aliphatic carbocycles. The second-order valence-electron chi connectivity index (χ2n) is 3.00. The Morgan fingerprint density at radius 3 is 2.88 bits per heavy atom. The van der Waals surface area contributed by atoms with Gasteiger partial charge in [-0.25, -0.2) is 0 Å². The fourth-order valence-corrected chi connectivity index (χ4v) is 2.33. The number of hydrogen-bond acceptors (Lipinski definition) is 4. The molecular weight excluding hydrogens is 306 g/mol. The molecule has 0 aliphatic heterocycles. The summed E-state index contributed by atoms with van der Waals surface area (Å²) in [4.78, 5) is 23.2. The second-order valence-corrected chi connectivity index (χ2v) is 5.49. The van der Waals surface area contributed by atoms with Crippen LogP contribution >= 0.6 is 27.3 Å². The van der Waals surface area contributed by atoms with Crippen LogP contribution in [0.2, 0.25) is 0 Å². The Kier molecular flexibility index (Phi) is 5.93. The van der Waals surface area contributed by atoms with Crippen LogP contribution in [0.25, 0.3) is 6.08 Å². The summed E-state index contributed by atoms with van der Waals surface area (Å²) in [5.41, 5.74) is 0. The van der Waals surface area contributed by atoms with Crippen LogP contribution in [0.15, 0.2) is 22.0 Å². The lowest BCUT2D eigenvalue weighted by Crippen LogP contribution is -2.29. The first-order chi connectivity index (χ1) is 8.11. The number of thiophene rings is 1. The van der Waals surface area contributed by atoms with Gasteiger partial charge in [0.15, 0.2) is 0 Å². The minimum Gasteiger partial charge on any atom is -0.465 e. The Balaban J connectivity index is 2.34. The smallest absolute Gasteiger partial charge is 0.325 e. The molecule has 1 aromatic heterocycles. The summed E-state index contributed by atoms with van der Waals surface area (Å²) in [6.45, 7) is 1.92. The van der Waals surface area contributed by atoms with Gasteiger partial charge in [0.05, 0.1) is 10.4 Å². The van der Waals surface area contributed by atoms with E-state index in [9.17, 15) is 9.59 Å². The van der Waals surface area contributed by atoms with E-state index in [4.69, 9.17) is 0 Å². The highest BCUT2D eigenvalue weighted by atomic mass is 79.9. The molecule has 0 bridgehead atoms. The first-order valence-electron chi connectivity index (χ1n) is 4.98. The average molecular weight is 318 g/mol. The number of ether oxygens (including phenoxy) is 1. The van der Waals surface area contributed by atoms with Gasteiger partial charge >= 0.3 is 5.97 Å². The molecule has 0 spiro atoms. The van der Waals surface area contributed by atoms with E-state index in [0.29, 0.717) is 6.61 Å². The number of carbonyl (C=O) groups excluding carboxylic acids is 2. The van der Waals surface area contributed by atoms with Gasteiger partial charge in [-0.05, 0) is 41.1 Å². The Morgan fingerprint density at radius 2 is 2.29 bits per heavy atom. The predicted octanol–water partition coefficient (Wildman–Crippen LogP) is 2.20. The lowest BCUT2D eigenvalue weighted by Gasteiger charge is -2.01. The number of nitrogens with one attached hydrogen (secondary N) is 1. The average Bonchev–Trinajstić information content (AvgIpc) is 2.70. The fraction of sp³-hybridized carbons (Fsp3) is 0.273. The van der Waals surface area contributed by atoms with Gasteiger partial charge in [0.25, 0.3) is 0 Å². The SMILES string of the molecule is CCOC(=O)CNC(=O)C=Cc1ccc(Br)s1. The van der Waals surface area contributed by atoms with Gasteiger partial charge in [-0.2, -0.15) is 0 Å². The largest absolute Gasteiger partial charge is 0.465 e. The van der Waals surface area contributed by atoms with E-state index in [1.807, 2.05) is 12.1 Å². The maximum Gasteiger partial charge on any atom is 0.325 e. The summed E-state index contributed by atoms with van der Waals surface area (Å²) in [5.74, 6) is -0.754. The van der Waals surface area contributed by atoms with E-state index in [2.05, 4.69) is 26.0 Å². The topological polar surface area (TPSA) is 55.4 Å². The Morgan fingerprint density at radius 1 is 1.53 bits per heavy atom. The zero-order valence-electron chi connectivity index (χ0n) is 9.23. The highest BCUT2D eigenvalue weighted by molar-refractivity contribution is 9.11. The minimum atomic E-state index is -0.437. The molecule has 1 N–H and O–H groups in total. The van der Waals surface area contributed by atoms with Crippen molar-refractivity contribution in [3.05, 3.63) is 26.9 Å². The van der Waals surface area contributed by atoms with Crippen molar-refractivity contribution < 1.29 is 14.3 Å². The summed E-state index contributed by atoms with van der Waals surface area (Å²) in [5, 5.41) is 2.44. The fourth-order valence-electron chi connectivity index (χ4n) is 1.01. The zero-order chi connectivity index (χ0) is 12.7. The highest BCUT2D eigenvalue weighted by Crippen LogP contribution is 2.22. The lowest BCUT2D eigenvalue weighted by molar-refractivity contribution is -0.143. The molecule has 1 amide bonds. The van der Waals surface area contributed by atoms with Crippen molar-refractivity contribution >= 4 is 45.2 Å². The van der Waals surface area contributed by atoms with Gasteiger partial charge < -0.3 is 10.1 Å². The molecule has 17 heavy (non-hydrogen) atoms. The van der Waals surface area contributed by atoms with E-state index >= 15 is 0 Å². The van der Waals surface area contributed by atoms with E-state index < -0.39 is 5.97 Å². The van der Waals surface area contributed by atoms with Gasteiger partial charge in [0, 0.05) is 11.0 Å². The van der Waals surface area contributed by atoms with Crippen LogP contribution in [0.3, 0.4) is 0 Å². The molecule has 0 unspecified atom stereocenters. The standard InChI is InChI=1S/C11H12BrNO3S/c1-2-16-11(15)7-13-10(14)6-4-8-3-5-9(12)17-8/h3-6H,2,7H2,1H3,(H,13,14). The van der Waals surface area contributed by atoms with Crippen LogP contribution < -0.4 is 5.32 Å². The van der Waals surface area contributed by atoms with Crippen LogP contribution in [-0.2, 0) is 14.3 Å². The molecule has 0 radical (unpaired) electrons. The molecule has 4 nitrogen and oxygen atoms in total. The van der Waals surface area contributed by atoms with Crippen molar-refractivity contribution in [3.63, 3.8) is 0 Å².